The number of aliphatic hydroxyl groups is 1. The van der Waals surface area contributed by atoms with E-state index < -0.39 is 29.6 Å². The molecule has 1 fully saturated rings. The lowest BCUT2D eigenvalue weighted by atomic mass is 10.1. The van der Waals surface area contributed by atoms with Gasteiger partial charge in [-0.2, -0.15) is 11.8 Å². The van der Waals surface area contributed by atoms with Gasteiger partial charge in [-0.3, -0.25) is 14.3 Å². The minimum atomic E-state index is -0.671. The molecule has 26 heavy (non-hydrogen) atoms. The number of aliphatic hydroxyl groups excluding tert-OH is 1. The fraction of sp³-hybridized carbons (Fsp3) is 0.714. The van der Waals surface area contributed by atoms with Crippen LogP contribution in [0.2, 0.25) is 0 Å². The average molecular weight is 387 g/mol. The Morgan fingerprint density at radius 1 is 1.46 bits per heavy atom. The van der Waals surface area contributed by atoms with Crippen molar-refractivity contribution in [3.63, 3.8) is 0 Å². The minimum absolute atomic E-state index is 0.265. The normalized spacial score (nSPS) is 21.6. The predicted molar refractivity (Wildman–Crippen MR) is 100 cm³/mol. The maximum absolute atomic E-state index is 11.7. The van der Waals surface area contributed by atoms with Crippen molar-refractivity contribution in [3.05, 3.63) is 43.0 Å². The van der Waals surface area contributed by atoms with Crippen LogP contribution in [0, 0.1) is 6.92 Å². The Labute approximate surface area is 154 Å². The van der Waals surface area contributed by atoms with Gasteiger partial charge >= 0.3 is 5.69 Å². The first-order chi connectivity index (χ1) is 12.5. The SMILES string of the molecule is Cc1cn([C@H]2C[C@H](N=[N+]=[N-])[C@@H](CO)O2)c(=O)[nH]c1=O.NCCSCCN. The van der Waals surface area contributed by atoms with Gasteiger partial charge in [0, 0.05) is 47.7 Å². The molecule has 6 N–H and O–H groups in total. The number of nitrogens with one attached hydrogen (secondary N) is 1. The molecule has 12 heteroatoms. The van der Waals surface area contributed by atoms with Gasteiger partial charge in [-0.05, 0) is 12.5 Å². The summed E-state index contributed by atoms with van der Waals surface area (Å²) in [6.07, 6.45) is 0.329. The molecule has 3 atom stereocenters. The Hall–Kier alpha value is -1.82. The number of ether oxygens (including phenoxy) is 1. The lowest BCUT2D eigenvalue weighted by Gasteiger charge is -2.14. The molecule has 1 aliphatic heterocycles. The van der Waals surface area contributed by atoms with Gasteiger partial charge in [0.05, 0.1) is 18.8 Å². The Balaban J connectivity index is 0.000000412. The van der Waals surface area contributed by atoms with Crippen molar-refractivity contribution >= 4 is 11.8 Å². The second-order valence-corrected chi connectivity index (χ2v) is 6.71. The molecule has 2 rings (SSSR count). The number of aromatic amines is 1. The van der Waals surface area contributed by atoms with E-state index in [9.17, 15) is 9.59 Å². The Morgan fingerprint density at radius 3 is 2.65 bits per heavy atom. The highest BCUT2D eigenvalue weighted by Gasteiger charge is 2.35. The number of aryl methyl sites for hydroxylation is 1. The number of nitrogens with zero attached hydrogens (tertiary/aromatic N) is 4. The lowest BCUT2D eigenvalue weighted by molar-refractivity contribution is -0.0271. The Bertz CT molecular complexity index is 712. The first-order valence-electron chi connectivity index (χ1n) is 8.08. The van der Waals surface area contributed by atoms with Crippen LogP contribution in [0.25, 0.3) is 10.4 Å². The Kier molecular flexibility index (Phi) is 10.0. The van der Waals surface area contributed by atoms with Crippen LogP contribution >= 0.6 is 11.8 Å². The first-order valence-corrected chi connectivity index (χ1v) is 9.24. The Morgan fingerprint density at radius 2 is 2.12 bits per heavy atom. The monoisotopic (exact) mass is 387 g/mol. The van der Waals surface area contributed by atoms with Crippen molar-refractivity contribution in [2.24, 2.45) is 16.6 Å². The summed E-state index contributed by atoms with van der Waals surface area (Å²) in [6.45, 7) is 2.80. The van der Waals surface area contributed by atoms with E-state index >= 15 is 0 Å². The third-order valence-corrected chi connectivity index (χ3v) is 4.61. The maximum Gasteiger partial charge on any atom is 0.330 e. The van der Waals surface area contributed by atoms with Crippen molar-refractivity contribution in [2.75, 3.05) is 31.2 Å². The van der Waals surface area contributed by atoms with Gasteiger partial charge in [0.2, 0.25) is 0 Å². The number of hydrogen-bond donors (Lipinski definition) is 4. The summed E-state index contributed by atoms with van der Waals surface area (Å²) < 4.78 is 6.69. The molecular formula is C14H25N7O4S. The van der Waals surface area contributed by atoms with Gasteiger partial charge in [-0.25, -0.2) is 4.79 Å². The predicted octanol–water partition coefficient (Wildman–Crippen LogP) is -0.559. The van der Waals surface area contributed by atoms with Crippen LogP contribution in [0.5, 0.6) is 0 Å². The number of aromatic nitrogens is 2. The molecule has 1 aromatic heterocycles. The van der Waals surface area contributed by atoms with E-state index in [1.54, 1.807) is 18.7 Å². The molecule has 1 saturated heterocycles. The van der Waals surface area contributed by atoms with E-state index in [1.165, 1.54) is 10.8 Å². The summed E-state index contributed by atoms with van der Waals surface area (Å²) >= 11 is 1.80. The van der Waals surface area contributed by atoms with Crippen LogP contribution < -0.4 is 22.7 Å². The second kappa shape index (κ2) is 11.7. The standard InChI is InChI=1S/C10H13N5O4.C4H12N2S/c1-5-3-15(10(18)12-9(5)17)8-2-6(13-14-11)7(4-16)19-8;5-1-3-7-4-2-6/h3,6-8,16H,2,4H2,1H3,(H,12,17,18);1-6H2/t6-,7+,8+;/m0./s1. The number of nitrogens with two attached hydrogens (primary N) is 2. The highest BCUT2D eigenvalue weighted by atomic mass is 32.2. The second-order valence-electron chi connectivity index (χ2n) is 5.49. The molecule has 0 amide bonds. The van der Waals surface area contributed by atoms with Gasteiger partial charge < -0.3 is 21.3 Å². The van der Waals surface area contributed by atoms with Crippen LogP contribution in [0.4, 0.5) is 0 Å². The maximum atomic E-state index is 11.7. The van der Waals surface area contributed by atoms with Gasteiger partial charge in [-0.15, -0.1) is 0 Å². The fourth-order valence-corrected chi connectivity index (χ4v) is 2.84. The van der Waals surface area contributed by atoms with Crippen molar-refractivity contribution < 1.29 is 9.84 Å². The number of rotatable bonds is 7. The molecule has 0 bridgehead atoms. The highest BCUT2D eigenvalue weighted by Crippen LogP contribution is 2.29. The molecule has 11 nitrogen and oxygen atoms in total. The van der Waals surface area contributed by atoms with E-state index in [1.807, 2.05) is 0 Å². The fourth-order valence-electron chi connectivity index (χ4n) is 2.31. The molecule has 0 saturated carbocycles. The van der Waals surface area contributed by atoms with Crippen LogP contribution in [-0.4, -0.2) is 58.0 Å². The van der Waals surface area contributed by atoms with Crippen LogP contribution in [0.1, 0.15) is 18.2 Å². The summed E-state index contributed by atoms with van der Waals surface area (Å²) in [5.74, 6) is 2.08. The number of azide groups is 1. The first kappa shape index (κ1) is 22.2. The molecule has 1 aromatic rings. The average Bonchev–Trinajstić information content (AvgIpc) is 3.02. The van der Waals surface area contributed by atoms with E-state index in [0.717, 1.165) is 24.6 Å². The summed E-state index contributed by atoms with van der Waals surface area (Å²) in [6, 6.07) is -0.542. The third kappa shape index (κ3) is 6.48. The highest BCUT2D eigenvalue weighted by molar-refractivity contribution is 7.99. The zero-order valence-corrected chi connectivity index (χ0v) is 15.4. The quantitative estimate of drug-likeness (QED) is 0.209. The summed E-state index contributed by atoms with van der Waals surface area (Å²) in [4.78, 5) is 27.8. The third-order valence-electron chi connectivity index (χ3n) is 3.56. The van der Waals surface area contributed by atoms with Crippen molar-refractivity contribution in [3.8, 4) is 0 Å². The zero-order chi connectivity index (χ0) is 19.5. The molecule has 146 valence electrons. The summed E-state index contributed by atoms with van der Waals surface area (Å²) in [5, 5.41) is 12.7. The van der Waals surface area contributed by atoms with Gasteiger partial charge in [0.1, 0.15) is 6.23 Å². The van der Waals surface area contributed by atoms with Gasteiger partial charge in [0.25, 0.3) is 5.56 Å². The van der Waals surface area contributed by atoms with Gasteiger partial charge in [-0.1, -0.05) is 5.11 Å². The summed E-state index contributed by atoms with van der Waals surface area (Å²) in [5.41, 5.74) is 18.2. The topological polar surface area (TPSA) is 185 Å². The van der Waals surface area contributed by atoms with Gasteiger partial charge in [0.15, 0.2) is 0 Å². The van der Waals surface area contributed by atoms with E-state index in [0.29, 0.717) is 5.56 Å². The van der Waals surface area contributed by atoms with E-state index in [4.69, 9.17) is 26.8 Å². The van der Waals surface area contributed by atoms with Crippen molar-refractivity contribution in [1.29, 1.82) is 0 Å². The van der Waals surface area contributed by atoms with Crippen molar-refractivity contribution in [1.82, 2.24) is 9.55 Å². The molecule has 0 aromatic carbocycles. The molecule has 1 aliphatic rings. The zero-order valence-electron chi connectivity index (χ0n) is 14.6. The number of hydrogen-bond acceptors (Lipinski definition) is 8. The summed E-state index contributed by atoms with van der Waals surface area (Å²) in [7, 11) is 0. The molecular weight excluding hydrogens is 362 g/mol. The largest absolute Gasteiger partial charge is 0.394 e. The molecule has 0 aliphatic carbocycles. The lowest BCUT2D eigenvalue weighted by Crippen LogP contribution is -2.33. The van der Waals surface area contributed by atoms with Crippen LogP contribution in [0.3, 0.4) is 0 Å². The van der Waals surface area contributed by atoms with Crippen molar-refractivity contribution in [2.45, 2.75) is 31.7 Å². The number of H-pyrrole nitrogens is 1. The van der Waals surface area contributed by atoms with E-state index in [2.05, 4.69) is 15.0 Å². The molecule has 2 heterocycles. The number of thioether (sulfide) groups is 1. The minimum Gasteiger partial charge on any atom is -0.394 e. The van der Waals surface area contributed by atoms with E-state index in [-0.39, 0.29) is 13.0 Å². The molecule has 0 spiro atoms. The van der Waals surface area contributed by atoms with Crippen LogP contribution in [0.15, 0.2) is 20.9 Å². The molecule has 0 unspecified atom stereocenters. The smallest absolute Gasteiger partial charge is 0.330 e. The molecule has 0 radical (unpaired) electrons. The van der Waals surface area contributed by atoms with Crippen LogP contribution in [-0.2, 0) is 4.74 Å².